The van der Waals surface area contributed by atoms with Crippen LogP contribution in [0.5, 0.6) is 0 Å². The molecule has 0 N–H and O–H groups in total. The van der Waals surface area contributed by atoms with Crippen molar-refractivity contribution in [1.82, 2.24) is 0 Å². The Morgan fingerprint density at radius 3 is 2.00 bits per heavy atom. The van der Waals surface area contributed by atoms with Gasteiger partial charge in [-0.2, -0.15) is 0 Å². The topological polar surface area (TPSA) is 0 Å². The number of hydrogen-bond donors (Lipinski definition) is 0. The quantitative estimate of drug-likeness (QED) is 0.530. The Bertz CT molecular complexity index is 648. The normalized spacial score (nSPS) is 11.6. The fourth-order valence-electron chi connectivity index (χ4n) is 2.55. The van der Waals surface area contributed by atoms with E-state index in [9.17, 15) is 0 Å². The first-order valence-corrected chi connectivity index (χ1v) is 7.39. The molecule has 3 aromatic rings. The van der Waals surface area contributed by atoms with Crippen molar-refractivity contribution in [1.29, 1.82) is 0 Å². The number of fused-ring (bicyclic) bond motifs is 1. The van der Waals surface area contributed by atoms with Gasteiger partial charge in [-0.05, 0) is 21.9 Å². The van der Waals surface area contributed by atoms with E-state index in [2.05, 4.69) is 79.7 Å². The molecule has 3 rings (SSSR count). The van der Waals surface area contributed by atoms with E-state index in [0.717, 1.165) is 0 Å². The van der Waals surface area contributed by atoms with Gasteiger partial charge in [-0.3, -0.25) is 0 Å². The summed E-state index contributed by atoms with van der Waals surface area (Å²) in [5.41, 5.74) is 2.77. The van der Waals surface area contributed by atoms with Crippen LogP contribution in [0.2, 0.25) is 0 Å². The minimum Gasteiger partial charge on any atom is -0.0683 e. The van der Waals surface area contributed by atoms with Crippen LogP contribution in [0.4, 0.5) is 0 Å². The summed E-state index contributed by atoms with van der Waals surface area (Å²) >= 11 is 0. The highest BCUT2D eigenvalue weighted by Crippen LogP contribution is 2.30. The fourth-order valence-corrected chi connectivity index (χ4v) is 2.55. The minimum absolute atomic E-state index is 0.428. The van der Waals surface area contributed by atoms with Crippen LogP contribution < -0.4 is 0 Å². The Balaban J connectivity index is 0.000000704. The van der Waals surface area contributed by atoms with Crippen LogP contribution in [-0.4, -0.2) is 0 Å². The van der Waals surface area contributed by atoms with Crippen LogP contribution >= 0.6 is 0 Å². The van der Waals surface area contributed by atoms with Gasteiger partial charge in [0.05, 0.1) is 0 Å². The third-order valence-electron chi connectivity index (χ3n) is 3.59. The summed E-state index contributed by atoms with van der Waals surface area (Å²) < 4.78 is 0. The van der Waals surface area contributed by atoms with Crippen molar-refractivity contribution in [3.63, 3.8) is 0 Å². The Morgan fingerprint density at radius 1 is 0.650 bits per heavy atom. The summed E-state index contributed by atoms with van der Waals surface area (Å²) in [4.78, 5) is 0. The van der Waals surface area contributed by atoms with Gasteiger partial charge in [0.1, 0.15) is 0 Å². The molecule has 1 atom stereocenters. The van der Waals surface area contributed by atoms with Gasteiger partial charge in [-0.25, -0.2) is 0 Å². The predicted molar refractivity (Wildman–Crippen MR) is 89.3 cm³/mol. The molecule has 0 aliphatic rings. The molecule has 0 heteroatoms. The smallest absolute Gasteiger partial charge is 0.00671 e. The third kappa shape index (κ3) is 2.91. The van der Waals surface area contributed by atoms with E-state index in [-0.39, 0.29) is 0 Å². The van der Waals surface area contributed by atoms with Crippen LogP contribution in [0.3, 0.4) is 0 Å². The summed E-state index contributed by atoms with van der Waals surface area (Å²) in [7, 11) is 0. The van der Waals surface area contributed by atoms with Crippen molar-refractivity contribution in [2.45, 2.75) is 26.7 Å². The zero-order valence-electron chi connectivity index (χ0n) is 12.5. The highest BCUT2D eigenvalue weighted by molar-refractivity contribution is 5.86. The largest absolute Gasteiger partial charge is 0.0683 e. The highest BCUT2D eigenvalue weighted by atomic mass is 14.1. The molecule has 0 nitrogen and oxygen atoms in total. The molecule has 1 unspecified atom stereocenters. The maximum atomic E-state index is 2.27. The number of hydrogen-bond acceptors (Lipinski definition) is 0. The van der Waals surface area contributed by atoms with E-state index < -0.39 is 0 Å². The average Bonchev–Trinajstić information content (AvgIpc) is 2.56. The van der Waals surface area contributed by atoms with Gasteiger partial charge < -0.3 is 0 Å². The van der Waals surface area contributed by atoms with Crippen LogP contribution in [0.25, 0.3) is 10.8 Å². The van der Waals surface area contributed by atoms with Crippen LogP contribution in [0, 0.1) is 0 Å². The van der Waals surface area contributed by atoms with Crippen molar-refractivity contribution >= 4 is 10.8 Å². The molecule has 102 valence electrons. The van der Waals surface area contributed by atoms with Gasteiger partial charge >= 0.3 is 0 Å². The van der Waals surface area contributed by atoms with E-state index >= 15 is 0 Å². The molecule has 0 aliphatic carbocycles. The molecule has 0 bridgehead atoms. The summed E-state index contributed by atoms with van der Waals surface area (Å²) in [5, 5.41) is 2.68. The van der Waals surface area contributed by atoms with Crippen molar-refractivity contribution in [2.24, 2.45) is 0 Å². The van der Waals surface area contributed by atoms with Crippen molar-refractivity contribution in [2.75, 3.05) is 0 Å². The summed E-state index contributed by atoms with van der Waals surface area (Å²) in [6.07, 6.45) is 0. The minimum atomic E-state index is 0.428. The van der Waals surface area contributed by atoms with Crippen molar-refractivity contribution in [3.8, 4) is 0 Å². The number of benzene rings is 3. The second-order valence-corrected chi connectivity index (χ2v) is 4.70. The number of rotatable bonds is 2. The van der Waals surface area contributed by atoms with E-state index in [0.29, 0.717) is 5.92 Å². The molecule has 0 amide bonds. The van der Waals surface area contributed by atoms with E-state index in [1.54, 1.807) is 0 Å². The standard InChI is InChI=1S/C18H16.C2H6/c1-14(15-8-3-2-4-9-15)17-13-7-11-16-10-5-6-12-18(16)17;1-2/h2-14H,1H3;1-2H3. The van der Waals surface area contributed by atoms with Crippen LogP contribution in [0.1, 0.15) is 37.8 Å². The van der Waals surface area contributed by atoms with E-state index in [1.807, 2.05) is 13.8 Å². The van der Waals surface area contributed by atoms with Gasteiger partial charge in [0.2, 0.25) is 0 Å². The summed E-state index contributed by atoms with van der Waals surface area (Å²) in [5.74, 6) is 0.428. The monoisotopic (exact) mass is 262 g/mol. The molecule has 0 aromatic heterocycles. The van der Waals surface area contributed by atoms with Crippen molar-refractivity contribution < 1.29 is 0 Å². The molecular weight excluding hydrogens is 240 g/mol. The molecule has 0 radical (unpaired) electrons. The summed E-state index contributed by atoms with van der Waals surface area (Å²) in [6, 6.07) is 25.9. The molecule has 0 fully saturated rings. The Kier molecular flexibility index (Phi) is 4.95. The highest BCUT2D eigenvalue weighted by Gasteiger charge is 2.10. The molecule has 3 aromatic carbocycles. The van der Waals surface area contributed by atoms with E-state index in [1.165, 1.54) is 21.9 Å². The molecule has 0 saturated carbocycles. The first kappa shape index (κ1) is 14.3. The lowest BCUT2D eigenvalue weighted by atomic mass is 9.89. The SMILES string of the molecule is CC.CC(c1ccccc1)c1cccc2ccccc12. The lowest BCUT2D eigenvalue weighted by Crippen LogP contribution is -1.96. The molecule has 0 saturated heterocycles. The Morgan fingerprint density at radius 2 is 1.25 bits per heavy atom. The lowest BCUT2D eigenvalue weighted by Gasteiger charge is -2.15. The second-order valence-electron chi connectivity index (χ2n) is 4.70. The Hall–Kier alpha value is -2.08. The van der Waals surface area contributed by atoms with Crippen molar-refractivity contribution in [3.05, 3.63) is 83.9 Å². The molecular formula is C20H22. The van der Waals surface area contributed by atoms with Crippen LogP contribution in [-0.2, 0) is 0 Å². The second kappa shape index (κ2) is 6.91. The lowest BCUT2D eigenvalue weighted by molar-refractivity contribution is 0.933. The maximum Gasteiger partial charge on any atom is 0.00671 e. The van der Waals surface area contributed by atoms with Gasteiger partial charge in [-0.1, -0.05) is 93.6 Å². The summed E-state index contributed by atoms with van der Waals surface area (Å²) in [6.45, 7) is 6.27. The maximum absolute atomic E-state index is 2.27. The van der Waals surface area contributed by atoms with Gasteiger partial charge in [0, 0.05) is 5.92 Å². The fraction of sp³-hybridized carbons (Fsp3) is 0.200. The third-order valence-corrected chi connectivity index (χ3v) is 3.59. The van der Waals surface area contributed by atoms with Gasteiger partial charge in [-0.15, -0.1) is 0 Å². The first-order valence-electron chi connectivity index (χ1n) is 7.39. The van der Waals surface area contributed by atoms with Crippen LogP contribution in [0.15, 0.2) is 72.8 Å². The first-order chi connectivity index (χ1) is 9.86. The van der Waals surface area contributed by atoms with Gasteiger partial charge in [0.15, 0.2) is 0 Å². The zero-order chi connectivity index (χ0) is 14.4. The van der Waals surface area contributed by atoms with Gasteiger partial charge in [0.25, 0.3) is 0 Å². The molecule has 20 heavy (non-hydrogen) atoms. The predicted octanol–water partition coefficient (Wildman–Crippen LogP) is 6.02. The van der Waals surface area contributed by atoms with E-state index in [4.69, 9.17) is 0 Å². The molecule has 0 spiro atoms. The Labute approximate surface area is 122 Å². The molecule has 0 heterocycles. The molecule has 0 aliphatic heterocycles. The average molecular weight is 262 g/mol. The zero-order valence-corrected chi connectivity index (χ0v) is 12.5.